The summed E-state index contributed by atoms with van der Waals surface area (Å²) in [7, 11) is 0. The standard InChI is InChI=1S/C27H33ClN4O/c1-17(19(3)33-26-11-5-21(28)6-12-26)30-23-14-24-9-10-25(15-23)32(24)27-13-4-20(16-29-27)18(2)31-22-7-8-22/h4-6,11-13,16,19,22-25,30-31H,1-2,7-10,14-15H2,3H3. The quantitative estimate of drug-likeness (QED) is 0.511. The van der Waals surface area contributed by atoms with Gasteiger partial charge in [0.2, 0.25) is 0 Å². The molecule has 0 radical (unpaired) electrons. The fourth-order valence-electron chi connectivity index (χ4n) is 5.11. The van der Waals surface area contributed by atoms with E-state index >= 15 is 0 Å². The van der Waals surface area contributed by atoms with Gasteiger partial charge in [-0.15, -0.1) is 0 Å². The second-order valence-electron chi connectivity index (χ2n) is 9.65. The van der Waals surface area contributed by atoms with Crippen LogP contribution < -0.4 is 20.3 Å². The van der Waals surface area contributed by atoms with Gasteiger partial charge in [0.1, 0.15) is 17.7 Å². The lowest BCUT2D eigenvalue weighted by Gasteiger charge is -2.41. The molecule has 2 aromatic rings. The normalized spacial score (nSPS) is 24.8. The minimum Gasteiger partial charge on any atom is -0.485 e. The first-order valence-electron chi connectivity index (χ1n) is 12.0. The highest BCUT2D eigenvalue weighted by Gasteiger charge is 2.41. The van der Waals surface area contributed by atoms with Crippen molar-refractivity contribution in [2.45, 2.75) is 75.7 Å². The van der Waals surface area contributed by atoms with Crippen LogP contribution in [0.3, 0.4) is 0 Å². The van der Waals surface area contributed by atoms with Gasteiger partial charge in [0.05, 0.1) is 0 Å². The molecular weight excluding hydrogens is 432 g/mol. The zero-order chi connectivity index (χ0) is 22.9. The summed E-state index contributed by atoms with van der Waals surface area (Å²) in [4.78, 5) is 7.35. The Morgan fingerprint density at radius 2 is 1.70 bits per heavy atom. The lowest BCUT2D eigenvalue weighted by Crippen LogP contribution is -2.50. The lowest BCUT2D eigenvalue weighted by molar-refractivity contribution is 0.239. The molecule has 33 heavy (non-hydrogen) atoms. The number of piperidine rings is 1. The molecule has 3 unspecified atom stereocenters. The second kappa shape index (κ2) is 9.30. The largest absolute Gasteiger partial charge is 0.485 e. The molecule has 3 aliphatic rings. The smallest absolute Gasteiger partial charge is 0.135 e. The molecule has 6 heteroatoms. The van der Waals surface area contributed by atoms with Gasteiger partial charge in [0.15, 0.2) is 0 Å². The topological polar surface area (TPSA) is 49.4 Å². The van der Waals surface area contributed by atoms with E-state index in [0.717, 1.165) is 41.4 Å². The molecule has 0 amide bonds. The number of anilines is 1. The van der Waals surface area contributed by atoms with Crippen LogP contribution in [-0.4, -0.2) is 35.3 Å². The number of aromatic nitrogens is 1. The highest BCUT2D eigenvalue weighted by molar-refractivity contribution is 6.30. The molecule has 2 aliphatic heterocycles. The third-order valence-corrected chi connectivity index (χ3v) is 7.31. The number of fused-ring (bicyclic) bond motifs is 2. The number of benzene rings is 1. The average Bonchev–Trinajstić information content (AvgIpc) is 3.58. The van der Waals surface area contributed by atoms with Crippen molar-refractivity contribution in [3.63, 3.8) is 0 Å². The van der Waals surface area contributed by atoms with Crippen LogP contribution >= 0.6 is 11.6 Å². The Labute approximate surface area is 201 Å². The molecule has 1 aromatic carbocycles. The van der Waals surface area contributed by atoms with Gasteiger partial charge in [-0.1, -0.05) is 24.8 Å². The van der Waals surface area contributed by atoms with Crippen molar-refractivity contribution in [2.75, 3.05) is 4.90 Å². The Morgan fingerprint density at radius 3 is 2.30 bits per heavy atom. The first kappa shape index (κ1) is 22.1. The first-order valence-corrected chi connectivity index (χ1v) is 12.4. The van der Waals surface area contributed by atoms with E-state index in [2.05, 4.69) is 40.8 Å². The predicted octanol–water partition coefficient (Wildman–Crippen LogP) is 5.53. The number of rotatable bonds is 9. The number of hydrogen-bond acceptors (Lipinski definition) is 5. The Hall–Kier alpha value is -2.66. The molecule has 3 heterocycles. The monoisotopic (exact) mass is 464 g/mol. The van der Waals surface area contributed by atoms with Crippen molar-refractivity contribution in [3.05, 3.63) is 72.0 Å². The van der Waals surface area contributed by atoms with Gasteiger partial charge in [0, 0.05) is 52.3 Å². The summed E-state index contributed by atoms with van der Waals surface area (Å²) in [5, 5.41) is 7.83. The maximum atomic E-state index is 6.04. The molecule has 3 fully saturated rings. The van der Waals surface area contributed by atoms with Gasteiger partial charge < -0.3 is 20.3 Å². The van der Waals surface area contributed by atoms with Crippen molar-refractivity contribution in [2.24, 2.45) is 0 Å². The molecule has 2 saturated heterocycles. The van der Waals surface area contributed by atoms with E-state index in [0.29, 0.717) is 29.2 Å². The number of halogens is 1. The SMILES string of the molecule is C=C(NC1CC1)c1ccc(N2C3CCC2CC(NC(=C)C(C)Oc2ccc(Cl)cc2)C3)nc1. The van der Waals surface area contributed by atoms with Gasteiger partial charge in [0.25, 0.3) is 0 Å². The van der Waals surface area contributed by atoms with E-state index in [1.807, 2.05) is 37.4 Å². The number of hydrogen-bond donors (Lipinski definition) is 2. The van der Waals surface area contributed by atoms with Crippen molar-refractivity contribution in [1.82, 2.24) is 15.6 Å². The van der Waals surface area contributed by atoms with Gasteiger partial charge in [-0.05, 0) is 81.8 Å². The van der Waals surface area contributed by atoms with Crippen molar-refractivity contribution >= 4 is 23.1 Å². The van der Waals surface area contributed by atoms with Crippen molar-refractivity contribution in [1.29, 1.82) is 0 Å². The van der Waals surface area contributed by atoms with Gasteiger partial charge >= 0.3 is 0 Å². The Morgan fingerprint density at radius 1 is 1.00 bits per heavy atom. The molecule has 1 aliphatic carbocycles. The van der Waals surface area contributed by atoms with Crippen LogP contribution in [0.15, 0.2) is 61.4 Å². The summed E-state index contributed by atoms with van der Waals surface area (Å²) in [5.41, 5.74) is 2.99. The van der Waals surface area contributed by atoms with E-state index in [-0.39, 0.29) is 6.10 Å². The predicted molar refractivity (Wildman–Crippen MR) is 136 cm³/mol. The van der Waals surface area contributed by atoms with E-state index in [9.17, 15) is 0 Å². The van der Waals surface area contributed by atoms with Crippen LogP contribution in [0.2, 0.25) is 5.02 Å². The molecule has 1 aromatic heterocycles. The highest BCUT2D eigenvalue weighted by Crippen LogP contribution is 2.39. The maximum absolute atomic E-state index is 6.04. The van der Waals surface area contributed by atoms with E-state index in [1.54, 1.807) is 0 Å². The number of nitrogens with one attached hydrogen (secondary N) is 2. The molecular formula is C27H33ClN4O. The molecule has 5 rings (SSSR count). The van der Waals surface area contributed by atoms with Gasteiger partial charge in [-0.3, -0.25) is 0 Å². The van der Waals surface area contributed by atoms with Crippen LogP contribution in [0.5, 0.6) is 5.75 Å². The zero-order valence-electron chi connectivity index (χ0n) is 19.3. The van der Waals surface area contributed by atoms with E-state index in [4.69, 9.17) is 21.3 Å². The summed E-state index contributed by atoms with van der Waals surface area (Å²) < 4.78 is 6.04. The van der Waals surface area contributed by atoms with E-state index in [1.165, 1.54) is 25.7 Å². The first-order chi connectivity index (χ1) is 16.0. The van der Waals surface area contributed by atoms with Crippen molar-refractivity contribution < 1.29 is 4.74 Å². The maximum Gasteiger partial charge on any atom is 0.135 e. The summed E-state index contributed by atoms with van der Waals surface area (Å²) in [5.74, 6) is 1.89. The molecule has 0 spiro atoms. The molecule has 1 saturated carbocycles. The molecule has 2 N–H and O–H groups in total. The Balaban J connectivity index is 1.16. The minimum absolute atomic E-state index is 0.117. The van der Waals surface area contributed by atoms with Crippen LogP contribution in [0.25, 0.3) is 5.70 Å². The van der Waals surface area contributed by atoms with Crippen LogP contribution in [0, 0.1) is 0 Å². The summed E-state index contributed by atoms with van der Waals surface area (Å²) >= 11 is 5.97. The third kappa shape index (κ3) is 5.14. The highest BCUT2D eigenvalue weighted by atomic mass is 35.5. The summed E-state index contributed by atoms with van der Waals surface area (Å²) in [6, 6.07) is 13.8. The fourth-order valence-corrected chi connectivity index (χ4v) is 5.24. The molecule has 5 nitrogen and oxygen atoms in total. The number of pyridine rings is 1. The zero-order valence-corrected chi connectivity index (χ0v) is 20.0. The summed E-state index contributed by atoms with van der Waals surface area (Å²) in [6.07, 6.45) is 8.94. The minimum atomic E-state index is -0.117. The third-order valence-electron chi connectivity index (χ3n) is 7.06. The molecule has 2 bridgehead atoms. The van der Waals surface area contributed by atoms with Gasteiger partial charge in [-0.25, -0.2) is 4.98 Å². The fraction of sp³-hybridized carbons (Fsp3) is 0.444. The molecule has 174 valence electrons. The second-order valence-corrected chi connectivity index (χ2v) is 10.1. The summed E-state index contributed by atoms with van der Waals surface area (Å²) in [6.45, 7) is 10.5. The van der Waals surface area contributed by atoms with Crippen LogP contribution in [0.1, 0.15) is 51.0 Å². The molecule has 3 atom stereocenters. The van der Waals surface area contributed by atoms with Crippen LogP contribution in [-0.2, 0) is 0 Å². The van der Waals surface area contributed by atoms with E-state index < -0.39 is 0 Å². The Kier molecular flexibility index (Phi) is 6.24. The van der Waals surface area contributed by atoms with Gasteiger partial charge in [-0.2, -0.15) is 0 Å². The number of nitrogens with zero attached hydrogens (tertiary/aromatic N) is 2. The lowest BCUT2D eigenvalue weighted by atomic mass is 9.96. The number of ether oxygens (including phenoxy) is 1. The Bertz CT molecular complexity index is 988. The van der Waals surface area contributed by atoms with Crippen LogP contribution in [0.4, 0.5) is 5.82 Å². The average molecular weight is 465 g/mol. The van der Waals surface area contributed by atoms with Crippen molar-refractivity contribution in [3.8, 4) is 5.75 Å².